The molecule has 1 aromatic rings. The monoisotopic (exact) mass is 291 g/mol. The molecule has 15 heavy (non-hydrogen) atoms. The second-order valence-corrected chi connectivity index (χ2v) is 5.24. The third-order valence-corrected chi connectivity index (χ3v) is 3.82. The van der Waals surface area contributed by atoms with Crippen molar-refractivity contribution in [3.8, 4) is 0 Å². The summed E-state index contributed by atoms with van der Waals surface area (Å²) in [5.41, 5.74) is 0.488. The van der Waals surface area contributed by atoms with E-state index in [9.17, 15) is 13.2 Å². The van der Waals surface area contributed by atoms with Crippen LogP contribution in [0.3, 0.4) is 0 Å². The summed E-state index contributed by atoms with van der Waals surface area (Å²) in [6.45, 7) is 0. The number of hydrogen-bond donors (Lipinski definition) is 1. The maximum absolute atomic E-state index is 11.3. The third kappa shape index (κ3) is 2.87. The largest absolute Gasteiger partial charge is 0.293 e. The highest BCUT2D eigenvalue weighted by molar-refractivity contribution is 9.09. The Morgan fingerprint density at radius 3 is 2.27 bits per heavy atom. The van der Waals surface area contributed by atoms with E-state index >= 15 is 0 Å². The van der Waals surface area contributed by atoms with E-state index in [-0.39, 0.29) is 16.0 Å². The lowest BCUT2D eigenvalue weighted by atomic mass is 10.2. The molecule has 4 nitrogen and oxygen atoms in total. The lowest BCUT2D eigenvalue weighted by molar-refractivity contribution is 0.102. The van der Waals surface area contributed by atoms with Gasteiger partial charge in [-0.05, 0) is 19.2 Å². The lowest BCUT2D eigenvalue weighted by Gasteiger charge is -2.02. The molecule has 0 bridgehead atoms. The molecule has 0 aliphatic carbocycles. The van der Waals surface area contributed by atoms with E-state index in [2.05, 4.69) is 20.7 Å². The molecule has 0 atom stereocenters. The molecule has 1 rings (SSSR count). The van der Waals surface area contributed by atoms with Crippen molar-refractivity contribution in [3.05, 3.63) is 29.8 Å². The standard InChI is InChI=1S/C9H10BrNO3S/c1-11-15(13,14)8-4-2-7(3-5-8)9(12)6-10/h2-5,11H,6H2,1H3. The van der Waals surface area contributed by atoms with Gasteiger partial charge in [-0.25, -0.2) is 13.1 Å². The second-order valence-electron chi connectivity index (χ2n) is 2.79. The smallest absolute Gasteiger partial charge is 0.240 e. The van der Waals surface area contributed by atoms with Crippen molar-refractivity contribution < 1.29 is 13.2 Å². The fraction of sp³-hybridized carbons (Fsp3) is 0.222. The summed E-state index contributed by atoms with van der Waals surface area (Å²) in [7, 11) is -2.08. The van der Waals surface area contributed by atoms with Gasteiger partial charge < -0.3 is 0 Å². The van der Waals surface area contributed by atoms with Crippen LogP contribution in [-0.2, 0) is 10.0 Å². The van der Waals surface area contributed by atoms with Crippen LogP contribution in [-0.4, -0.2) is 26.6 Å². The SMILES string of the molecule is CNS(=O)(=O)c1ccc(C(=O)CBr)cc1. The maximum atomic E-state index is 11.3. The normalized spacial score (nSPS) is 11.3. The van der Waals surface area contributed by atoms with E-state index in [0.717, 1.165) is 0 Å². The predicted octanol–water partition coefficient (Wildman–Crippen LogP) is 1.17. The highest BCUT2D eigenvalue weighted by atomic mass is 79.9. The Hall–Kier alpha value is -0.720. The minimum absolute atomic E-state index is 0.0802. The second kappa shape index (κ2) is 4.87. The molecule has 0 radical (unpaired) electrons. The van der Waals surface area contributed by atoms with Crippen LogP contribution in [0, 0.1) is 0 Å². The number of sulfonamides is 1. The number of ketones is 1. The van der Waals surface area contributed by atoms with Crippen LogP contribution in [0.1, 0.15) is 10.4 Å². The van der Waals surface area contributed by atoms with Crippen LogP contribution in [0.25, 0.3) is 0 Å². The van der Waals surface area contributed by atoms with Gasteiger partial charge in [0.25, 0.3) is 0 Å². The first-order chi connectivity index (χ1) is 7.01. The molecule has 0 aliphatic rings. The number of rotatable bonds is 4. The number of Topliss-reactive ketones (excluding diaryl/α,β-unsaturated/α-hetero) is 1. The fourth-order valence-corrected chi connectivity index (χ4v) is 2.07. The van der Waals surface area contributed by atoms with Crippen LogP contribution in [0.5, 0.6) is 0 Å². The first kappa shape index (κ1) is 12.4. The number of benzene rings is 1. The third-order valence-electron chi connectivity index (χ3n) is 1.88. The van der Waals surface area contributed by atoms with Gasteiger partial charge in [0.05, 0.1) is 10.2 Å². The zero-order valence-corrected chi connectivity index (χ0v) is 10.4. The van der Waals surface area contributed by atoms with Gasteiger partial charge in [-0.15, -0.1) is 0 Å². The molecular formula is C9H10BrNO3S. The van der Waals surface area contributed by atoms with Crippen LogP contribution < -0.4 is 4.72 Å². The Bertz CT molecular complexity index is 453. The number of alkyl halides is 1. The summed E-state index contributed by atoms with van der Waals surface area (Å²) < 4.78 is 24.9. The van der Waals surface area contributed by atoms with Crippen molar-refractivity contribution >= 4 is 31.7 Å². The quantitative estimate of drug-likeness (QED) is 0.669. The molecule has 6 heteroatoms. The molecule has 82 valence electrons. The van der Waals surface area contributed by atoms with Crippen molar-refractivity contribution in [2.75, 3.05) is 12.4 Å². The molecule has 0 unspecified atom stereocenters. The molecule has 0 aromatic heterocycles. The van der Waals surface area contributed by atoms with Crippen LogP contribution >= 0.6 is 15.9 Å². The Kier molecular flexibility index (Phi) is 4.01. The van der Waals surface area contributed by atoms with Gasteiger partial charge >= 0.3 is 0 Å². The highest BCUT2D eigenvalue weighted by Gasteiger charge is 2.11. The Morgan fingerprint density at radius 1 is 1.33 bits per heavy atom. The summed E-state index contributed by atoms with van der Waals surface area (Å²) >= 11 is 3.04. The van der Waals surface area contributed by atoms with E-state index in [4.69, 9.17) is 0 Å². The molecule has 0 aliphatic heterocycles. The topological polar surface area (TPSA) is 63.2 Å². The molecule has 0 heterocycles. The number of carbonyl (C=O) groups is 1. The van der Waals surface area contributed by atoms with Gasteiger partial charge in [-0.2, -0.15) is 0 Å². The first-order valence-corrected chi connectivity index (χ1v) is 6.74. The van der Waals surface area contributed by atoms with E-state index < -0.39 is 10.0 Å². The van der Waals surface area contributed by atoms with E-state index in [0.29, 0.717) is 5.56 Å². The summed E-state index contributed by atoms with van der Waals surface area (Å²) in [5, 5.41) is 0.227. The van der Waals surface area contributed by atoms with Crippen molar-refractivity contribution in [2.24, 2.45) is 0 Å². The molecule has 0 fully saturated rings. The maximum Gasteiger partial charge on any atom is 0.240 e. The van der Waals surface area contributed by atoms with Crippen molar-refractivity contribution in [3.63, 3.8) is 0 Å². The zero-order valence-electron chi connectivity index (χ0n) is 8.03. The molecule has 1 aromatic carbocycles. The minimum Gasteiger partial charge on any atom is -0.293 e. The number of hydrogen-bond acceptors (Lipinski definition) is 3. The highest BCUT2D eigenvalue weighted by Crippen LogP contribution is 2.11. The zero-order chi connectivity index (χ0) is 11.5. The van der Waals surface area contributed by atoms with Gasteiger partial charge in [-0.3, -0.25) is 4.79 Å². The molecule has 0 spiro atoms. The van der Waals surface area contributed by atoms with Gasteiger partial charge in [0.15, 0.2) is 5.78 Å². The van der Waals surface area contributed by atoms with Crippen molar-refractivity contribution in [2.45, 2.75) is 4.90 Å². The van der Waals surface area contributed by atoms with E-state index in [1.54, 1.807) is 0 Å². The summed E-state index contributed by atoms with van der Waals surface area (Å²) in [6.07, 6.45) is 0. The molecule has 0 saturated heterocycles. The van der Waals surface area contributed by atoms with Crippen molar-refractivity contribution in [1.29, 1.82) is 0 Å². The molecule has 0 saturated carbocycles. The van der Waals surface area contributed by atoms with Crippen molar-refractivity contribution in [1.82, 2.24) is 4.72 Å². The number of halogens is 1. The molecular weight excluding hydrogens is 282 g/mol. The molecule has 0 amide bonds. The lowest BCUT2D eigenvalue weighted by Crippen LogP contribution is -2.18. The minimum atomic E-state index is -3.42. The Morgan fingerprint density at radius 2 is 1.87 bits per heavy atom. The fourth-order valence-electron chi connectivity index (χ4n) is 1.01. The Balaban J connectivity index is 3.06. The average molecular weight is 292 g/mol. The number of carbonyl (C=O) groups excluding carboxylic acids is 1. The van der Waals surface area contributed by atoms with Gasteiger partial charge in [0, 0.05) is 5.56 Å². The number of nitrogens with one attached hydrogen (secondary N) is 1. The summed E-state index contributed by atoms with van der Waals surface area (Å²) in [5.74, 6) is -0.0802. The summed E-state index contributed by atoms with van der Waals surface area (Å²) in [4.78, 5) is 11.4. The Labute approximate surface area is 96.9 Å². The van der Waals surface area contributed by atoms with Gasteiger partial charge in [0.2, 0.25) is 10.0 Å². The van der Waals surface area contributed by atoms with Crippen LogP contribution in [0.4, 0.5) is 0 Å². The van der Waals surface area contributed by atoms with Crippen LogP contribution in [0.2, 0.25) is 0 Å². The van der Waals surface area contributed by atoms with Gasteiger partial charge in [0.1, 0.15) is 0 Å². The molecule has 1 N–H and O–H groups in total. The average Bonchev–Trinajstić information content (AvgIpc) is 2.28. The first-order valence-electron chi connectivity index (χ1n) is 4.14. The van der Waals surface area contributed by atoms with E-state index in [1.165, 1.54) is 31.3 Å². The van der Waals surface area contributed by atoms with Gasteiger partial charge in [-0.1, -0.05) is 28.1 Å². The van der Waals surface area contributed by atoms with E-state index in [1.807, 2.05) is 0 Å². The predicted molar refractivity (Wildman–Crippen MR) is 60.8 cm³/mol. The van der Waals surface area contributed by atoms with Crippen LogP contribution in [0.15, 0.2) is 29.2 Å². The summed E-state index contributed by atoms with van der Waals surface area (Å²) in [6, 6.07) is 5.80.